The Labute approximate surface area is 128 Å². The highest BCUT2D eigenvalue weighted by Gasteiger charge is 2.12. The smallest absolute Gasteiger partial charge is 0.353 e. The molecule has 2 nitrogen and oxygen atoms in total. The van der Waals surface area contributed by atoms with Gasteiger partial charge in [-0.05, 0) is 58.3 Å². The summed E-state index contributed by atoms with van der Waals surface area (Å²) in [4.78, 5) is 12.7. The molecule has 3 rings (SSSR count). The molecule has 0 bridgehead atoms. The Morgan fingerprint density at radius 1 is 1.05 bits per heavy atom. The van der Waals surface area contributed by atoms with Gasteiger partial charge in [0.15, 0.2) is 0 Å². The Balaban J connectivity index is 1.87. The number of benzene rings is 2. The van der Waals surface area contributed by atoms with E-state index in [2.05, 4.69) is 22.6 Å². The lowest BCUT2D eigenvalue weighted by atomic mass is 10.2. The van der Waals surface area contributed by atoms with Crippen LogP contribution in [0.25, 0.3) is 10.1 Å². The van der Waals surface area contributed by atoms with Crippen molar-refractivity contribution >= 4 is 50.0 Å². The maximum absolute atomic E-state index is 12.1. The van der Waals surface area contributed by atoms with E-state index >= 15 is 0 Å². The molecule has 0 amide bonds. The fourth-order valence-corrected chi connectivity index (χ4v) is 3.22. The molecule has 0 aliphatic carbocycles. The molecule has 3 aromatic rings. The minimum absolute atomic E-state index is 0.303. The maximum Gasteiger partial charge on any atom is 0.353 e. The van der Waals surface area contributed by atoms with Crippen molar-refractivity contribution in [2.24, 2.45) is 0 Å². The molecular formula is C15H9IO2S. The summed E-state index contributed by atoms with van der Waals surface area (Å²) in [6.07, 6.45) is 0. The second kappa shape index (κ2) is 5.30. The molecule has 0 radical (unpaired) electrons. The largest absolute Gasteiger partial charge is 0.422 e. The topological polar surface area (TPSA) is 26.3 Å². The summed E-state index contributed by atoms with van der Waals surface area (Å²) in [7, 11) is 0. The van der Waals surface area contributed by atoms with Crippen LogP contribution in [0.3, 0.4) is 0 Å². The molecule has 0 saturated carbocycles. The van der Waals surface area contributed by atoms with Crippen LogP contribution in [0.2, 0.25) is 0 Å². The van der Waals surface area contributed by atoms with Gasteiger partial charge in [0.25, 0.3) is 0 Å². The van der Waals surface area contributed by atoms with E-state index < -0.39 is 0 Å². The van der Waals surface area contributed by atoms with E-state index in [-0.39, 0.29) is 5.97 Å². The summed E-state index contributed by atoms with van der Waals surface area (Å²) in [6, 6.07) is 17.2. The van der Waals surface area contributed by atoms with Gasteiger partial charge < -0.3 is 4.74 Å². The molecule has 94 valence electrons. The van der Waals surface area contributed by atoms with E-state index in [0.717, 1.165) is 13.7 Å². The molecule has 0 atom stereocenters. The Kier molecular flexibility index (Phi) is 3.52. The third-order valence-corrected chi connectivity index (χ3v) is 4.40. The zero-order chi connectivity index (χ0) is 13.2. The van der Waals surface area contributed by atoms with Crippen LogP contribution in [0.15, 0.2) is 54.6 Å². The predicted octanol–water partition coefficient (Wildman–Crippen LogP) is 4.73. The molecule has 0 saturated heterocycles. The predicted molar refractivity (Wildman–Crippen MR) is 85.9 cm³/mol. The summed E-state index contributed by atoms with van der Waals surface area (Å²) < 4.78 is 7.51. The summed E-state index contributed by atoms with van der Waals surface area (Å²) in [6.45, 7) is 0. The van der Waals surface area contributed by atoms with Crippen molar-refractivity contribution in [3.63, 3.8) is 0 Å². The Morgan fingerprint density at radius 2 is 1.89 bits per heavy atom. The van der Waals surface area contributed by atoms with Crippen LogP contribution >= 0.6 is 33.9 Å². The lowest BCUT2D eigenvalue weighted by molar-refractivity contribution is 0.0740. The van der Waals surface area contributed by atoms with E-state index in [1.807, 2.05) is 48.5 Å². The van der Waals surface area contributed by atoms with Crippen LogP contribution in [-0.2, 0) is 0 Å². The highest BCUT2D eigenvalue weighted by atomic mass is 127. The number of esters is 1. The van der Waals surface area contributed by atoms with Gasteiger partial charge in [0, 0.05) is 8.27 Å². The van der Waals surface area contributed by atoms with Crippen molar-refractivity contribution in [1.82, 2.24) is 0 Å². The molecule has 0 fully saturated rings. The SMILES string of the molecule is O=C(Oc1cccc(I)c1)c1cc2ccccc2s1. The number of fused-ring (bicyclic) bond motifs is 1. The van der Waals surface area contributed by atoms with Crippen molar-refractivity contribution in [1.29, 1.82) is 0 Å². The van der Waals surface area contributed by atoms with Gasteiger partial charge in [-0.25, -0.2) is 4.79 Å². The van der Waals surface area contributed by atoms with Gasteiger partial charge in [0.05, 0.1) is 0 Å². The number of ether oxygens (including phenoxy) is 1. The summed E-state index contributed by atoms with van der Waals surface area (Å²) in [5.41, 5.74) is 0. The van der Waals surface area contributed by atoms with Gasteiger partial charge in [-0.15, -0.1) is 11.3 Å². The van der Waals surface area contributed by atoms with Gasteiger partial charge in [0.1, 0.15) is 10.6 Å². The third-order valence-electron chi connectivity index (χ3n) is 2.63. The van der Waals surface area contributed by atoms with E-state index in [4.69, 9.17) is 4.74 Å². The van der Waals surface area contributed by atoms with Crippen LogP contribution < -0.4 is 4.74 Å². The normalized spacial score (nSPS) is 10.6. The molecule has 1 aromatic heterocycles. The summed E-state index contributed by atoms with van der Waals surface area (Å²) in [5.74, 6) is 0.276. The van der Waals surface area contributed by atoms with Crippen LogP contribution in [-0.4, -0.2) is 5.97 Å². The minimum Gasteiger partial charge on any atom is -0.422 e. The van der Waals surface area contributed by atoms with E-state index in [1.165, 1.54) is 11.3 Å². The Morgan fingerprint density at radius 3 is 2.68 bits per heavy atom. The number of carbonyl (C=O) groups excluding carboxylic acids is 1. The molecule has 1 heterocycles. The van der Waals surface area contributed by atoms with Crippen LogP contribution in [0.5, 0.6) is 5.75 Å². The first kappa shape index (κ1) is 12.6. The average Bonchev–Trinajstić information content (AvgIpc) is 2.82. The number of carbonyl (C=O) groups is 1. The first-order valence-corrected chi connectivity index (χ1v) is 7.58. The molecule has 0 aliphatic rings. The molecule has 0 spiro atoms. The maximum atomic E-state index is 12.1. The van der Waals surface area contributed by atoms with Gasteiger partial charge in [-0.3, -0.25) is 0 Å². The van der Waals surface area contributed by atoms with Crippen molar-refractivity contribution in [3.05, 3.63) is 63.0 Å². The number of halogens is 1. The molecule has 19 heavy (non-hydrogen) atoms. The number of hydrogen-bond acceptors (Lipinski definition) is 3. The second-order valence-electron chi connectivity index (χ2n) is 4.00. The lowest BCUT2D eigenvalue weighted by Crippen LogP contribution is -2.06. The second-order valence-corrected chi connectivity index (χ2v) is 6.32. The zero-order valence-corrected chi connectivity index (χ0v) is 12.8. The van der Waals surface area contributed by atoms with Crippen molar-refractivity contribution in [2.45, 2.75) is 0 Å². The molecule has 2 aromatic carbocycles. The summed E-state index contributed by atoms with van der Waals surface area (Å²) in [5, 5.41) is 1.07. The highest BCUT2D eigenvalue weighted by Crippen LogP contribution is 2.26. The fourth-order valence-electron chi connectivity index (χ4n) is 1.77. The van der Waals surface area contributed by atoms with Crippen LogP contribution in [0.4, 0.5) is 0 Å². The van der Waals surface area contributed by atoms with E-state index in [9.17, 15) is 4.79 Å². The van der Waals surface area contributed by atoms with E-state index in [0.29, 0.717) is 10.6 Å². The quantitative estimate of drug-likeness (QED) is 0.365. The molecular weight excluding hydrogens is 371 g/mol. The zero-order valence-electron chi connectivity index (χ0n) is 9.80. The molecule has 0 aliphatic heterocycles. The molecule has 0 unspecified atom stereocenters. The van der Waals surface area contributed by atoms with Crippen LogP contribution in [0, 0.1) is 3.57 Å². The van der Waals surface area contributed by atoms with Crippen molar-refractivity contribution in [3.8, 4) is 5.75 Å². The number of hydrogen-bond donors (Lipinski definition) is 0. The fraction of sp³-hybridized carbons (Fsp3) is 0. The van der Waals surface area contributed by atoms with Gasteiger partial charge in [-0.1, -0.05) is 24.3 Å². The summed E-state index contributed by atoms with van der Waals surface area (Å²) >= 11 is 3.64. The highest BCUT2D eigenvalue weighted by molar-refractivity contribution is 14.1. The Bertz CT molecular complexity index is 715. The first-order chi connectivity index (χ1) is 9.22. The van der Waals surface area contributed by atoms with E-state index in [1.54, 1.807) is 6.07 Å². The van der Waals surface area contributed by atoms with Gasteiger partial charge in [-0.2, -0.15) is 0 Å². The van der Waals surface area contributed by atoms with Gasteiger partial charge in [0.2, 0.25) is 0 Å². The number of thiophene rings is 1. The molecule has 0 N–H and O–H groups in total. The van der Waals surface area contributed by atoms with Crippen molar-refractivity contribution < 1.29 is 9.53 Å². The third kappa shape index (κ3) is 2.79. The van der Waals surface area contributed by atoms with Gasteiger partial charge >= 0.3 is 5.97 Å². The lowest BCUT2D eigenvalue weighted by Gasteiger charge is -2.02. The number of rotatable bonds is 2. The first-order valence-electron chi connectivity index (χ1n) is 5.69. The average molecular weight is 380 g/mol. The Hall–Kier alpha value is -1.40. The van der Waals surface area contributed by atoms with Crippen molar-refractivity contribution in [2.75, 3.05) is 0 Å². The minimum atomic E-state index is -0.303. The van der Waals surface area contributed by atoms with Crippen LogP contribution in [0.1, 0.15) is 9.67 Å². The molecule has 4 heteroatoms. The monoisotopic (exact) mass is 380 g/mol. The standard InChI is InChI=1S/C15H9IO2S/c16-11-5-3-6-12(9-11)18-15(17)14-8-10-4-1-2-7-13(10)19-14/h1-9H.